The first-order valence-electron chi connectivity index (χ1n) is 11.5. The SMILES string of the molecule is COCCCOc1cc(C[C@@H](C[C@H](N)[C@@H](O)CNS(=O)(=O)C(C)(C)C)C(C)C)ccc1OC. The largest absolute Gasteiger partial charge is 0.493 e. The second-order valence-electron chi connectivity index (χ2n) is 9.82. The average Bonchev–Trinajstić information content (AvgIpc) is 2.73. The van der Waals surface area contributed by atoms with Gasteiger partial charge in [-0.1, -0.05) is 19.9 Å². The Balaban J connectivity index is 2.81. The summed E-state index contributed by atoms with van der Waals surface area (Å²) in [5, 5.41) is 10.5. The van der Waals surface area contributed by atoms with E-state index in [-0.39, 0.29) is 12.5 Å². The van der Waals surface area contributed by atoms with Crippen LogP contribution in [-0.4, -0.2) is 64.4 Å². The van der Waals surface area contributed by atoms with Gasteiger partial charge in [-0.3, -0.25) is 0 Å². The van der Waals surface area contributed by atoms with Crippen LogP contribution in [0, 0.1) is 11.8 Å². The molecule has 192 valence electrons. The van der Waals surface area contributed by atoms with Gasteiger partial charge in [0, 0.05) is 32.7 Å². The summed E-state index contributed by atoms with van der Waals surface area (Å²) in [6, 6.07) is 5.34. The van der Waals surface area contributed by atoms with Crippen molar-refractivity contribution in [2.24, 2.45) is 17.6 Å². The Morgan fingerprint density at radius 1 is 1.12 bits per heavy atom. The topological polar surface area (TPSA) is 120 Å². The molecule has 0 aromatic heterocycles. The zero-order valence-corrected chi connectivity index (χ0v) is 22.1. The number of hydrogen-bond donors (Lipinski definition) is 3. The van der Waals surface area contributed by atoms with Crippen LogP contribution in [0.1, 0.15) is 53.0 Å². The third-order valence-corrected chi connectivity index (χ3v) is 7.94. The Labute approximate surface area is 200 Å². The third-order valence-electron chi connectivity index (χ3n) is 5.78. The Morgan fingerprint density at radius 3 is 2.33 bits per heavy atom. The van der Waals surface area contributed by atoms with Crippen molar-refractivity contribution >= 4 is 10.0 Å². The molecule has 0 unspecified atom stereocenters. The van der Waals surface area contributed by atoms with Gasteiger partial charge in [0.15, 0.2) is 11.5 Å². The number of methoxy groups -OCH3 is 2. The molecule has 0 radical (unpaired) electrons. The van der Waals surface area contributed by atoms with E-state index in [1.165, 1.54) is 0 Å². The van der Waals surface area contributed by atoms with Crippen molar-refractivity contribution in [3.05, 3.63) is 23.8 Å². The number of benzene rings is 1. The standard InChI is InChI=1S/C24H44N2O6S/c1-17(2)19(15-20(25)21(27)16-26-33(28,29)24(3,4)5)13-18-9-10-22(31-7)23(14-18)32-12-8-11-30-6/h9-10,14,17,19-21,26-27H,8,11-13,15-16,25H2,1-7H3/t19-,20-,21-/m0/s1. The van der Waals surface area contributed by atoms with Crippen LogP contribution in [0.3, 0.4) is 0 Å². The zero-order valence-electron chi connectivity index (χ0n) is 21.3. The van der Waals surface area contributed by atoms with Crippen LogP contribution in [0.5, 0.6) is 11.5 Å². The third kappa shape index (κ3) is 9.78. The summed E-state index contributed by atoms with van der Waals surface area (Å²) in [5.74, 6) is 1.89. The molecule has 1 aromatic rings. The molecule has 9 heteroatoms. The molecule has 0 aliphatic carbocycles. The smallest absolute Gasteiger partial charge is 0.216 e. The number of nitrogens with two attached hydrogens (primary N) is 1. The maximum absolute atomic E-state index is 12.3. The van der Waals surface area contributed by atoms with Crippen LogP contribution >= 0.6 is 0 Å². The fraction of sp³-hybridized carbons (Fsp3) is 0.750. The van der Waals surface area contributed by atoms with Gasteiger partial charge in [0.25, 0.3) is 0 Å². The highest BCUT2D eigenvalue weighted by Crippen LogP contribution is 2.31. The highest BCUT2D eigenvalue weighted by molar-refractivity contribution is 7.90. The van der Waals surface area contributed by atoms with Crippen LogP contribution in [0.4, 0.5) is 0 Å². The van der Waals surface area contributed by atoms with E-state index in [1.54, 1.807) is 35.0 Å². The minimum Gasteiger partial charge on any atom is -0.493 e. The average molecular weight is 489 g/mol. The second-order valence-corrected chi connectivity index (χ2v) is 12.3. The predicted molar refractivity (Wildman–Crippen MR) is 132 cm³/mol. The molecule has 0 aliphatic rings. The molecular weight excluding hydrogens is 444 g/mol. The summed E-state index contributed by atoms with van der Waals surface area (Å²) < 4.78 is 42.4. The zero-order chi connectivity index (χ0) is 25.2. The second kappa shape index (κ2) is 13.5. The van der Waals surface area contributed by atoms with Crippen LogP contribution in [0.25, 0.3) is 0 Å². The molecule has 3 atom stereocenters. The van der Waals surface area contributed by atoms with E-state index in [0.29, 0.717) is 37.1 Å². The molecule has 0 heterocycles. The van der Waals surface area contributed by atoms with Gasteiger partial charge >= 0.3 is 0 Å². The summed E-state index contributed by atoms with van der Waals surface area (Å²) in [6.07, 6.45) is 1.12. The molecule has 0 aliphatic heterocycles. The molecule has 4 N–H and O–H groups in total. The van der Waals surface area contributed by atoms with Crippen molar-refractivity contribution in [3.63, 3.8) is 0 Å². The number of rotatable bonds is 15. The lowest BCUT2D eigenvalue weighted by Gasteiger charge is -2.28. The minimum absolute atomic E-state index is 0.104. The van der Waals surface area contributed by atoms with Gasteiger partial charge in [0.05, 0.1) is 24.6 Å². The van der Waals surface area contributed by atoms with Crippen molar-refractivity contribution in [1.29, 1.82) is 0 Å². The Kier molecular flexibility index (Phi) is 12.1. The van der Waals surface area contributed by atoms with Crippen molar-refractivity contribution in [2.45, 2.75) is 70.8 Å². The molecule has 0 bridgehead atoms. The Hall–Kier alpha value is -1.39. The molecule has 1 aromatic carbocycles. The maximum Gasteiger partial charge on any atom is 0.216 e. The van der Waals surface area contributed by atoms with Crippen LogP contribution in [0.15, 0.2) is 18.2 Å². The quantitative estimate of drug-likeness (QED) is 0.325. The summed E-state index contributed by atoms with van der Waals surface area (Å²) in [5.41, 5.74) is 7.37. The van der Waals surface area contributed by atoms with E-state index >= 15 is 0 Å². The van der Waals surface area contributed by atoms with E-state index in [0.717, 1.165) is 18.4 Å². The van der Waals surface area contributed by atoms with Gasteiger partial charge in [-0.25, -0.2) is 13.1 Å². The first-order chi connectivity index (χ1) is 15.3. The first kappa shape index (κ1) is 29.6. The van der Waals surface area contributed by atoms with E-state index < -0.39 is 26.9 Å². The number of aliphatic hydroxyl groups excluding tert-OH is 1. The van der Waals surface area contributed by atoms with Crippen LogP contribution < -0.4 is 19.9 Å². The number of nitrogens with one attached hydrogen (secondary N) is 1. The molecule has 33 heavy (non-hydrogen) atoms. The fourth-order valence-electron chi connectivity index (χ4n) is 3.31. The molecule has 0 fully saturated rings. The predicted octanol–water partition coefficient (Wildman–Crippen LogP) is 2.72. The van der Waals surface area contributed by atoms with E-state index in [4.69, 9.17) is 19.9 Å². The molecule has 0 spiro atoms. The molecule has 0 amide bonds. The van der Waals surface area contributed by atoms with Gasteiger partial charge in [0.1, 0.15) is 0 Å². The molecule has 1 rings (SSSR count). The van der Waals surface area contributed by atoms with Gasteiger partial charge in [-0.2, -0.15) is 0 Å². The van der Waals surface area contributed by atoms with Gasteiger partial charge in [-0.15, -0.1) is 0 Å². The lowest BCUT2D eigenvalue weighted by atomic mass is 9.83. The van der Waals surface area contributed by atoms with Crippen LogP contribution in [0.2, 0.25) is 0 Å². The monoisotopic (exact) mass is 488 g/mol. The number of ether oxygens (including phenoxy) is 3. The first-order valence-corrected chi connectivity index (χ1v) is 13.0. The van der Waals surface area contributed by atoms with Crippen molar-refractivity contribution in [1.82, 2.24) is 4.72 Å². The summed E-state index contributed by atoms with van der Waals surface area (Å²) in [4.78, 5) is 0. The number of sulfonamides is 1. The van der Waals surface area contributed by atoms with Gasteiger partial charge < -0.3 is 25.1 Å². The summed E-state index contributed by atoms with van der Waals surface area (Å²) in [7, 11) is -0.267. The summed E-state index contributed by atoms with van der Waals surface area (Å²) >= 11 is 0. The van der Waals surface area contributed by atoms with Gasteiger partial charge in [-0.05, 0) is 63.1 Å². The molecule has 0 saturated carbocycles. The van der Waals surface area contributed by atoms with E-state index in [2.05, 4.69) is 18.6 Å². The van der Waals surface area contributed by atoms with Gasteiger partial charge in [0.2, 0.25) is 10.0 Å². The normalized spacial score (nSPS) is 15.3. The lowest BCUT2D eigenvalue weighted by molar-refractivity contribution is 0.129. The number of aliphatic hydroxyl groups is 1. The minimum atomic E-state index is -3.54. The Bertz CT molecular complexity index is 808. The Morgan fingerprint density at radius 2 is 1.79 bits per heavy atom. The van der Waals surface area contributed by atoms with Crippen molar-refractivity contribution in [3.8, 4) is 11.5 Å². The van der Waals surface area contributed by atoms with Crippen molar-refractivity contribution < 1.29 is 27.7 Å². The summed E-state index contributed by atoms with van der Waals surface area (Å²) in [6.45, 7) is 10.1. The highest BCUT2D eigenvalue weighted by Gasteiger charge is 2.30. The highest BCUT2D eigenvalue weighted by atomic mass is 32.2. The molecular formula is C24H44N2O6S. The van der Waals surface area contributed by atoms with E-state index in [9.17, 15) is 13.5 Å². The number of hydrogen-bond acceptors (Lipinski definition) is 7. The molecule has 0 saturated heterocycles. The lowest BCUT2D eigenvalue weighted by Crippen LogP contribution is -2.48. The van der Waals surface area contributed by atoms with Crippen molar-refractivity contribution in [2.75, 3.05) is 34.0 Å². The van der Waals surface area contributed by atoms with E-state index in [1.807, 2.05) is 18.2 Å². The maximum atomic E-state index is 12.3. The molecule has 8 nitrogen and oxygen atoms in total. The van der Waals surface area contributed by atoms with Crippen LogP contribution in [-0.2, 0) is 21.2 Å². The fourth-order valence-corrected chi connectivity index (χ4v) is 4.13.